The monoisotopic (exact) mass is 444 g/mol. The molecule has 0 bridgehead atoms. The van der Waals surface area contributed by atoms with Gasteiger partial charge in [-0.15, -0.1) is 11.3 Å². The van der Waals surface area contributed by atoms with Crippen molar-refractivity contribution in [3.05, 3.63) is 60.7 Å². The lowest BCUT2D eigenvalue weighted by molar-refractivity contribution is 0.122. The van der Waals surface area contributed by atoms with Crippen LogP contribution in [0.4, 0.5) is 11.5 Å². The van der Waals surface area contributed by atoms with Crippen LogP contribution in [0.15, 0.2) is 60.7 Å². The zero-order chi connectivity index (χ0) is 21.9. The number of hydrogen-bond acceptors (Lipinski definition) is 6. The SMILES string of the molecule is CCN(CC)c1ccc(-c2ccc(-c3nc(N4CCOCC4)c4ccccc4n3)s2)cc1. The molecule has 0 unspecified atom stereocenters. The number of fused-ring (bicyclic) bond motifs is 1. The molecule has 3 heterocycles. The van der Waals surface area contributed by atoms with Gasteiger partial charge in [0.25, 0.3) is 0 Å². The number of morpholine rings is 1. The lowest BCUT2D eigenvalue weighted by Gasteiger charge is -2.28. The van der Waals surface area contributed by atoms with Gasteiger partial charge in [-0.1, -0.05) is 24.3 Å². The summed E-state index contributed by atoms with van der Waals surface area (Å²) in [6, 6.07) is 21.5. The van der Waals surface area contributed by atoms with Gasteiger partial charge < -0.3 is 14.5 Å². The van der Waals surface area contributed by atoms with Crippen molar-refractivity contribution in [3.8, 4) is 21.1 Å². The third-order valence-electron chi connectivity index (χ3n) is 6.00. The summed E-state index contributed by atoms with van der Waals surface area (Å²) >= 11 is 1.75. The topological polar surface area (TPSA) is 41.5 Å². The van der Waals surface area contributed by atoms with E-state index in [4.69, 9.17) is 14.7 Å². The third kappa shape index (κ3) is 4.08. The lowest BCUT2D eigenvalue weighted by atomic mass is 10.1. The molecule has 1 fully saturated rings. The maximum absolute atomic E-state index is 5.55. The average molecular weight is 445 g/mol. The maximum Gasteiger partial charge on any atom is 0.172 e. The minimum Gasteiger partial charge on any atom is -0.378 e. The molecule has 0 amide bonds. The molecule has 4 aromatic rings. The van der Waals surface area contributed by atoms with Gasteiger partial charge >= 0.3 is 0 Å². The fourth-order valence-electron chi connectivity index (χ4n) is 4.22. The maximum atomic E-state index is 5.55. The van der Waals surface area contributed by atoms with Gasteiger partial charge in [-0.05, 0) is 55.8 Å². The molecular formula is C26H28N4OS. The Balaban J connectivity index is 1.49. The van der Waals surface area contributed by atoms with Crippen LogP contribution < -0.4 is 9.80 Å². The number of thiophene rings is 1. The number of benzene rings is 2. The molecule has 0 radical (unpaired) electrons. The van der Waals surface area contributed by atoms with Gasteiger partial charge in [0.2, 0.25) is 0 Å². The third-order valence-corrected chi connectivity index (χ3v) is 7.13. The Bertz CT molecular complexity index is 1190. The summed E-state index contributed by atoms with van der Waals surface area (Å²) in [6.07, 6.45) is 0. The molecule has 32 heavy (non-hydrogen) atoms. The summed E-state index contributed by atoms with van der Waals surface area (Å²) in [7, 11) is 0. The van der Waals surface area contributed by atoms with E-state index < -0.39 is 0 Å². The van der Waals surface area contributed by atoms with Gasteiger partial charge in [0, 0.05) is 42.1 Å². The first-order valence-corrected chi connectivity index (χ1v) is 12.1. The van der Waals surface area contributed by atoms with Crippen LogP contribution in [0.5, 0.6) is 0 Å². The van der Waals surface area contributed by atoms with E-state index in [9.17, 15) is 0 Å². The van der Waals surface area contributed by atoms with Crippen LogP contribution in [-0.4, -0.2) is 49.4 Å². The molecule has 164 valence electrons. The van der Waals surface area contributed by atoms with E-state index in [-0.39, 0.29) is 0 Å². The van der Waals surface area contributed by atoms with Crippen molar-refractivity contribution in [3.63, 3.8) is 0 Å². The molecule has 0 N–H and O–H groups in total. The highest BCUT2D eigenvalue weighted by atomic mass is 32.1. The Morgan fingerprint density at radius 2 is 1.59 bits per heavy atom. The Morgan fingerprint density at radius 1 is 0.875 bits per heavy atom. The van der Waals surface area contributed by atoms with Crippen molar-refractivity contribution in [2.75, 3.05) is 49.2 Å². The highest BCUT2D eigenvalue weighted by Crippen LogP contribution is 2.36. The van der Waals surface area contributed by atoms with Crippen LogP contribution in [0.2, 0.25) is 0 Å². The fourth-order valence-corrected chi connectivity index (χ4v) is 5.17. The fraction of sp³-hybridized carbons (Fsp3) is 0.308. The van der Waals surface area contributed by atoms with Crippen molar-refractivity contribution in [1.29, 1.82) is 0 Å². The van der Waals surface area contributed by atoms with Gasteiger partial charge in [-0.3, -0.25) is 0 Å². The molecule has 0 aliphatic carbocycles. The Morgan fingerprint density at radius 3 is 2.34 bits per heavy atom. The van der Waals surface area contributed by atoms with Crippen LogP contribution in [0, 0.1) is 0 Å². The number of para-hydroxylation sites is 1. The molecule has 0 atom stereocenters. The minimum absolute atomic E-state index is 0.736. The van der Waals surface area contributed by atoms with Gasteiger partial charge in [0.05, 0.1) is 23.6 Å². The van der Waals surface area contributed by atoms with Crippen LogP contribution in [0.1, 0.15) is 13.8 Å². The molecule has 1 aliphatic rings. The number of nitrogens with zero attached hydrogens (tertiary/aromatic N) is 4. The van der Waals surface area contributed by atoms with Crippen LogP contribution >= 0.6 is 11.3 Å². The van der Waals surface area contributed by atoms with E-state index in [2.05, 4.69) is 78.2 Å². The zero-order valence-electron chi connectivity index (χ0n) is 18.6. The predicted molar refractivity (Wildman–Crippen MR) is 135 cm³/mol. The van der Waals surface area contributed by atoms with E-state index in [0.29, 0.717) is 0 Å². The molecule has 6 heteroatoms. The molecule has 1 saturated heterocycles. The highest BCUT2D eigenvalue weighted by molar-refractivity contribution is 7.18. The first kappa shape index (κ1) is 20.9. The highest BCUT2D eigenvalue weighted by Gasteiger charge is 2.18. The number of aromatic nitrogens is 2. The smallest absolute Gasteiger partial charge is 0.172 e. The predicted octanol–water partition coefficient (Wildman–Crippen LogP) is 5.71. The first-order valence-electron chi connectivity index (χ1n) is 11.3. The van der Waals surface area contributed by atoms with Crippen molar-refractivity contribution in [2.24, 2.45) is 0 Å². The normalized spacial score (nSPS) is 14.1. The van der Waals surface area contributed by atoms with Crippen LogP contribution in [0.25, 0.3) is 32.0 Å². The van der Waals surface area contributed by atoms with Gasteiger partial charge in [-0.2, -0.15) is 0 Å². The standard InChI is InChI=1S/C26H28N4OS/c1-3-29(4-2)20-11-9-19(10-12-20)23-13-14-24(32-23)25-27-22-8-6-5-7-21(22)26(28-25)30-15-17-31-18-16-30/h5-14H,3-4,15-18H2,1-2H3. The number of ether oxygens (including phenoxy) is 1. The van der Waals surface area contributed by atoms with E-state index in [1.165, 1.54) is 16.1 Å². The largest absolute Gasteiger partial charge is 0.378 e. The van der Waals surface area contributed by atoms with Gasteiger partial charge in [0.1, 0.15) is 5.82 Å². The summed E-state index contributed by atoms with van der Waals surface area (Å²) < 4.78 is 5.55. The second-order valence-corrected chi connectivity index (χ2v) is 8.95. The zero-order valence-corrected chi connectivity index (χ0v) is 19.4. The minimum atomic E-state index is 0.736. The number of rotatable bonds is 6. The van der Waals surface area contributed by atoms with Crippen molar-refractivity contribution in [1.82, 2.24) is 9.97 Å². The van der Waals surface area contributed by atoms with Crippen molar-refractivity contribution < 1.29 is 4.74 Å². The molecule has 0 spiro atoms. The Kier molecular flexibility index (Phi) is 6.06. The quantitative estimate of drug-likeness (QED) is 0.381. The average Bonchev–Trinajstić information content (AvgIpc) is 3.35. The molecule has 2 aromatic carbocycles. The lowest BCUT2D eigenvalue weighted by Crippen LogP contribution is -2.37. The van der Waals surface area contributed by atoms with E-state index >= 15 is 0 Å². The van der Waals surface area contributed by atoms with Gasteiger partial charge in [0.15, 0.2) is 5.82 Å². The van der Waals surface area contributed by atoms with E-state index in [1.54, 1.807) is 11.3 Å². The summed E-state index contributed by atoms with van der Waals surface area (Å²) in [6.45, 7) is 9.60. The Labute approximate surface area is 193 Å². The molecule has 2 aromatic heterocycles. The summed E-state index contributed by atoms with van der Waals surface area (Å²) in [4.78, 5) is 16.9. The summed E-state index contributed by atoms with van der Waals surface area (Å²) in [5, 5.41) is 1.10. The molecule has 1 aliphatic heterocycles. The number of hydrogen-bond donors (Lipinski definition) is 0. The molecular weight excluding hydrogens is 416 g/mol. The molecule has 5 rings (SSSR count). The summed E-state index contributed by atoms with van der Waals surface area (Å²) in [5.74, 6) is 1.80. The van der Waals surface area contributed by atoms with E-state index in [0.717, 1.165) is 66.8 Å². The van der Waals surface area contributed by atoms with Crippen LogP contribution in [-0.2, 0) is 4.74 Å². The van der Waals surface area contributed by atoms with Crippen LogP contribution in [0.3, 0.4) is 0 Å². The number of anilines is 2. The molecule has 0 saturated carbocycles. The first-order chi connectivity index (χ1) is 15.8. The molecule has 5 nitrogen and oxygen atoms in total. The second-order valence-electron chi connectivity index (χ2n) is 7.87. The van der Waals surface area contributed by atoms with E-state index in [1.807, 2.05) is 6.07 Å². The Hall–Kier alpha value is -2.96. The van der Waals surface area contributed by atoms with Crippen molar-refractivity contribution >= 4 is 33.7 Å². The summed E-state index contributed by atoms with van der Waals surface area (Å²) in [5.41, 5.74) is 3.48. The second kappa shape index (κ2) is 9.27. The van der Waals surface area contributed by atoms with Crippen molar-refractivity contribution in [2.45, 2.75) is 13.8 Å². The van der Waals surface area contributed by atoms with Gasteiger partial charge in [-0.25, -0.2) is 9.97 Å².